The van der Waals surface area contributed by atoms with Crippen LogP contribution in [0.1, 0.15) is 34.1 Å². The Kier molecular flexibility index (Phi) is 5.97. The Balaban J connectivity index is 2.59. The van der Waals surface area contributed by atoms with Crippen LogP contribution in [0.2, 0.25) is 0 Å². The standard InChI is InChI=1S/C14H27N3O4S/c1-5-17(13(19)12(15)14(2,3)4)8-11(18)16-10-6-7-22(20,21)9-10/h10,12H,5-9,15H2,1-4H3,(H,16,18)/t10?,12-/m1/s1. The molecule has 3 N–H and O–H groups in total. The minimum atomic E-state index is -3.04. The highest BCUT2D eigenvalue weighted by molar-refractivity contribution is 7.91. The minimum Gasteiger partial charge on any atom is -0.351 e. The van der Waals surface area contributed by atoms with E-state index in [0.717, 1.165) is 0 Å². The molecule has 0 aromatic rings. The smallest absolute Gasteiger partial charge is 0.240 e. The van der Waals surface area contributed by atoms with Gasteiger partial charge in [-0.15, -0.1) is 0 Å². The lowest BCUT2D eigenvalue weighted by molar-refractivity contribution is -0.139. The molecule has 1 unspecified atom stereocenters. The summed E-state index contributed by atoms with van der Waals surface area (Å²) in [7, 11) is -3.04. The first-order valence-corrected chi connectivity index (χ1v) is 9.32. The van der Waals surface area contributed by atoms with Gasteiger partial charge in [0.1, 0.15) is 0 Å². The average Bonchev–Trinajstić information content (AvgIpc) is 2.72. The Hall–Kier alpha value is -1.15. The topological polar surface area (TPSA) is 110 Å². The maximum absolute atomic E-state index is 12.3. The van der Waals surface area contributed by atoms with Gasteiger partial charge in [-0.2, -0.15) is 0 Å². The molecule has 2 amide bonds. The highest BCUT2D eigenvalue weighted by Crippen LogP contribution is 2.19. The van der Waals surface area contributed by atoms with Crippen LogP contribution in [0.25, 0.3) is 0 Å². The van der Waals surface area contributed by atoms with Crippen LogP contribution in [-0.4, -0.2) is 61.8 Å². The minimum absolute atomic E-state index is 0.0275. The van der Waals surface area contributed by atoms with Crippen molar-refractivity contribution in [2.24, 2.45) is 11.1 Å². The number of amides is 2. The molecule has 0 spiro atoms. The van der Waals surface area contributed by atoms with Gasteiger partial charge >= 0.3 is 0 Å². The number of nitrogens with one attached hydrogen (secondary N) is 1. The summed E-state index contributed by atoms with van der Waals surface area (Å²) >= 11 is 0. The SMILES string of the molecule is CCN(CC(=O)NC1CCS(=O)(=O)C1)C(=O)[C@@H](N)C(C)(C)C. The maximum Gasteiger partial charge on any atom is 0.240 e. The lowest BCUT2D eigenvalue weighted by Gasteiger charge is -2.31. The first kappa shape index (κ1) is 18.9. The van der Waals surface area contributed by atoms with Gasteiger partial charge in [0.25, 0.3) is 0 Å². The zero-order chi connectivity index (χ0) is 17.1. The number of likely N-dealkylation sites (N-methyl/N-ethyl adjacent to an activating group) is 1. The second kappa shape index (κ2) is 6.95. The summed E-state index contributed by atoms with van der Waals surface area (Å²) in [4.78, 5) is 25.7. The lowest BCUT2D eigenvalue weighted by Crippen LogP contribution is -2.53. The number of nitrogens with zero attached hydrogens (tertiary/aromatic N) is 1. The van der Waals surface area contributed by atoms with E-state index >= 15 is 0 Å². The van der Waals surface area contributed by atoms with Gasteiger partial charge < -0.3 is 16.0 Å². The number of rotatable bonds is 5. The fourth-order valence-corrected chi connectivity index (χ4v) is 3.94. The van der Waals surface area contributed by atoms with Crippen LogP contribution < -0.4 is 11.1 Å². The van der Waals surface area contributed by atoms with Crippen molar-refractivity contribution >= 4 is 21.7 Å². The summed E-state index contributed by atoms with van der Waals surface area (Å²) in [6.45, 7) is 7.65. The first-order chi connectivity index (χ1) is 9.96. The number of nitrogens with two attached hydrogens (primary N) is 1. The van der Waals surface area contributed by atoms with Crippen LogP contribution in [0.5, 0.6) is 0 Å². The monoisotopic (exact) mass is 333 g/mol. The molecule has 1 fully saturated rings. The van der Waals surface area contributed by atoms with Gasteiger partial charge in [0, 0.05) is 12.6 Å². The third-order valence-corrected chi connectivity index (χ3v) is 5.59. The van der Waals surface area contributed by atoms with E-state index in [1.54, 1.807) is 6.92 Å². The third-order valence-electron chi connectivity index (χ3n) is 3.82. The van der Waals surface area contributed by atoms with E-state index in [-0.39, 0.29) is 41.3 Å². The molecule has 22 heavy (non-hydrogen) atoms. The van der Waals surface area contributed by atoms with Crippen molar-refractivity contribution in [2.75, 3.05) is 24.6 Å². The van der Waals surface area contributed by atoms with E-state index in [0.29, 0.717) is 13.0 Å². The van der Waals surface area contributed by atoms with Crippen molar-refractivity contribution < 1.29 is 18.0 Å². The van der Waals surface area contributed by atoms with Crippen molar-refractivity contribution in [3.63, 3.8) is 0 Å². The zero-order valence-corrected chi connectivity index (χ0v) is 14.6. The number of hydrogen-bond donors (Lipinski definition) is 2. The first-order valence-electron chi connectivity index (χ1n) is 7.50. The molecule has 1 aliphatic heterocycles. The summed E-state index contributed by atoms with van der Waals surface area (Å²) in [6, 6.07) is -1.05. The predicted octanol–water partition coefficient (Wildman–Crippen LogP) is -0.488. The van der Waals surface area contributed by atoms with Crippen molar-refractivity contribution in [3.05, 3.63) is 0 Å². The number of hydrogen-bond acceptors (Lipinski definition) is 5. The predicted molar refractivity (Wildman–Crippen MR) is 84.9 cm³/mol. The molecule has 1 saturated heterocycles. The van der Waals surface area contributed by atoms with Crippen molar-refractivity contribution in [3.8, 4) is 0 Å². The molecule has 8 heteroatoms. The normalized spacial score (nSPS) is 22.1. The second-order valence-corrected chi connectivity index (χ2v) is 9.09. The average molecular weight is 333 g/mol. The Morgan fingerprint density at radius 2 is 1.95 bits per heavy atom. The summed E-state index contributed by atoms with van der Waals surface area (Å²) in [5.74, 6) is -0.550. The third kappa shape index (κ3) is 5.24. The van der Waals surface area contributed by atoms with Gasteiger partial charge in [0.05, 0.1) is 24.1 Å². The molecule has 0 aliphatic carbocycles. The molecule has 7 nitrogen and oxygen atoms in total. The van der Waals surface area contributed by atoms with Gasteiger partial charge in [-0.3, -0.25) is 9.59 Å². The quantitative estimate of drug-likeness (QED) is 0.705. The lowest BCUT2D eigenvalue weighted by atomic mass is 9.86. The molecule has 0 bridgehead atoms. The molecule has 1 rings (SSSR count). The molecule has 1 aliphatic rings. The molecule has 1 heterocycles. The van der Waals surface area contributed by atoms with E-state index in [9.17, 15) is 18.0 Å². The Bertz CT molecular complexity index is 525. The van der Waals surface area contributed by atoms with Gasteiger partial charge in [-0.05, 0) is 18.8 Å². The molecular formula is C14H27N3O4S. The van der Waals surface area contributed by atoms with Crippen molar-refractivity contribution in [1.82, 2.24) is 10.2 Å². The summed E-state index contributed by atoms with van der Waals surface area (Å²) < 4.78 is 22.8. The largest absolute Gasteiger partial charge is 0.351 e. The van der Waals surface area contributed by atoms with Gasteiger partial charge in [0.15, 0.2) is 9.84 Å². The van der Waals surface area contributed by atoms with Gasteiger partial charge in [-0.1, -0.05) is 20.8 Å². The molecule has 2 atom stereocenters. The Labute approximate surface area is 132 Å². The fraction of sp³-hybridized carbons (Fsp3) is 0.857. The number of carbonyl (C=O) groups is 2. The summed E-state index contributed by atoms with van der Waals surface area (Å²) in [5, 5.41) is 2.68. The number of sulfone groups is 1. The van der Waals surface area contributed by atoms with Crippen LogP contribution in [0.15, 0.2) is 0 Å². The fourth-order valence-electron chi connectivity index (χ4n) is 2.27. The maximum atomic E-state index is 12.3. The van der Waals surface area contributed by atoms with Crippen LogP contribution in [0.4, 0.5) is 0 Å². The molecular weight excluding hydrogens is 306 g/mol. The highest BCUT2D eigenvalue weighted by Gasteiger charge is 2.32. The summed E-state index contributed by atoms with van der Waals surface area (Å²) in [5.41, 5.74) is 5.55. The van der Waals surface area contributed by atoms with Crippen LogP contribution in [0, 0.1) is 5.41 Å². The van der Waals surface area contributed by atoms with Crippen molar-refractivity contribution in [1.29, 1.82) is 0 Å². The molecule has 128 valence electrons. The van der Waals surface area contributed by atoms with Crippen LogP contribution in [0.3, 0.4) is 0 Å². The van der Waals surface area contributed by atoms with Crippen LogP contribution >= 0.6 is 0 Å². The van der Waals surface area contributed by atoms with E-state index in [4.69, 9.17) is 5.73 Å². The zero-order valence-electron chi connectivity index (χ0n) is 13.8. The van der Waals surface area contributed by atoms with Gasteiger partial charge in [-0.25, -0.2) is 8.42 Å². The summed E-state index contributed by atoms with van der Waals surface area (Å²) in [6.07, 6.45) is 0.426. The van der Waals surface area contributed by atoms with E-state index < -0.39 is 15.9 Å². The second-order valence-electron chi connectivity index (χ2n) is 6.86. The van der Waals surface area contributed by atoms with E-state index in [1.165, 1.54) is 4.90 Å². The van der Waals surface area contributed by atoms with Crippen LogP contribution in [-0.2, 0) is 19.4 Å². The Morgan fingerprint density at radius 1 is 1.36 bits per heavy atom. The molecule has 0 aromatic carbocycles. The molecule has 0 aromatic heterocycles. The highest BCUT2D eigenvalue weighted by atomic mass is 32.2. The molecule has 0 radical (unpaired) electrons. The van der Waals surface area contributed by atoms with E-state index in [2.05, 4.69) is 5.32 Å². The number of carbonyl (C=O) groups excluding carboxylic acids is 2. The van der Waals surface area contributed by atoms with Crippen molar-refractivity contribution in [2.45, 2.75) is 46.2 Å². The van der Waals surface area contributed by atoms with Gasteiger partial charge in [0.2, 0.25) is 11.8 Å². The van der Waals surface area contributed by atoms with E-state index in [1.807, 2.05) is 20.8 Å². The Morgan fingerprint density at radius 3 is 2.36 bits per heavy atom. The molecule has 0 saturated carbocycles.